The zero-order valence-electron chi connectivity index (χ0n) is 8.77. The molecule has 1 amide bonds. The number of alkyl halides is 1. The molecule has 1 N–H and O–H groups in total. The van der Waals surface area contributed by atoms with Gasteiger partial charge in [0.25, 0.3) is 5.91 Å². The van der Waals surface area contributed by atoms with Gasteiger partial charge in [-0.1, -0.05) is 34.5 Å². The standard InChI is InChI=1S/C11H12BrClFNO/c1-2-7(12)6-15-11(16)9-4-3-8(14)5-10(9)13/h3-5,7H,2,6H2,1H3,(H,15,16). The molecule has 0 aromatic heterocycles. The van der Waals surface area contributed by atoms with E-state index in [1.54, 1.807) is 0 Å². The molecule has 0 bridgehead atoms. The maximum absolute atomic E-state index is 12.8. The molecule has 16 heavy (non-hydrogen) atoms. The third-order valence-corrected chi connectivity index (χ3v) is 3.39. The Hall–Kier alpha value is -0.610. The molecule has 0 saturated heterocycles. The Bertz CT molecular complexity index is 386. The molecule has 1 rings (SSSR count). The van der Waals surface area contributed by atoms with Gasteiger partial charge in [0.1, 0.15) is 5.82 Å². The predicted molar refractivity (Wildman–Crippen MR) is 66.7 cm³/mol. The first-order chi connectivity index (χ1) is 7.54. The number of rotatable bonds is 4. The van der Waals surface area contributed by atoms with Gasteiger partial charge in [-0.2, -0.15) is 0 Å². The lowest BCUT2D eigenvalue weighted by molar-refractivity contribution is 0.0954. The van der Waals surface area contributed by atoms with E-state index in [4.69, 9.17) is 11.6 Å². The molecule has 1 aromatic rings. The van der Waals surface area contributed by atoms with Crippen molar-refractivity contribution < 1.29 is 9.18 Å². The Morgan fingerprint density at radius 2 is 2.31 bits per heavy atom. The molecular weight excluding hydrogens is 296 g/mol. The number of carbonyl (C=O) groups excluding carboxylic acids is 1. The highest BCUT2D eigenvalue weighted by Gasteiger charge is 2.11. The fraction of sp³-hybridized carbons (Fsp3) is 0.364. The third-order valence-electron chi connectivity index (χ3n) is 2.10. The smallest absolute Gasteiger partial charge is 0.252 e. The summed E-state index contributed by atoms with van der Waals surface area (Å²) in [7, 11) is 0. The normalized spacial score (nSPS) is 12.2. The highest BCUT2D eigenvalue weighted by Crippen LogP contribution is 2.17. The molecule has 2 nitrogen and oxygen atoms in total. The maximum Gasteiger partial charge on any atom is 0.252 e. The fourth-order valence-corrected chi connectivity index (χ4v) is 1.53. The van der Waals surface area contributed by atoms with Crippen LogP contribution in [0.3, 0.4) is 0 Å². The van der Waals surface area contributed by atoms with E-state index in [9.17, 15) is 9.18 Å². The lowest BCUT2D eigenvalue weighted by atomic mass is 10.2. The van der Waals surface area contributed by atoms with E-state index >= 15 is 0 Å². The van der Waals surface area contributed by atoms with Crippen molar-refractivity contribution in [3.63, 3.8) is 0 Å². The molecular formula is C11H12BrClFNO. The van der Waals surface area contributed by atoms with Gasteiger partial charge in [0, 0.05) is 11.4 Å². The summed E-state index contributed by atoms with van der Waals surface area (Å²) in [5, 5.41) is 2.84. The molecule has 0 heterocycles. The summed E-state index contributed by atoms with van der Waals surface area (Å²) < 4.78 is 12.8. The van der Waals surface area contributed by atoms with Gasteiger partial charge in [-0.3, -0.25) is 4.79 Å². The third kappa shape index (κ3) is 3.76. The van der Waals surface area contributed by atoms with E-state index in [1.807, 2.05) is 6.92 Å². The van der Waals surface area contributed by atoms with Crippen molar-refractivity contribution in [1.82, 2.24) is 5.32 Å². The van der Waals surface area contributed by atoms with Crippen LogP contribution in [-0.2, 0) is 0 Å². The summed E-state index contributed by atoms with van der Waals surface area (Å²) in [4.78, 5) is 11.9. The van der Waals surface area contributed by atoms with Gasteiger partial charge in [-0.05, 0) is 24.6 Å². The van der Waals surface area contributed by atoms with Gasteiger partial charge in [0.15, 0.2) is 0 Å². The quantitative estimate of drug-likeness (QED) is 0.849. The van der Waals surface area contributed by atoms with Crippen molar-refractivity contribution in [1.29, 1.82) is 0 Å². The van der Waals surface area contributed by atoms with Crippen molar-refractivity contribution >= 4 is 33.4 Å². The first-order valence-electron chi connectivity index (χ1n) is 4.92. The molecule has 0 aliphatic heterocycles. The van der Waals surface area contributed by atoms with E-state index in [1.165, 1.54) is 12.1 Å². The number of amides is 1. The van der Waals surface area contributed by atoms with Crippen LogP contribution in [0.1, 0.15) is 23.7 Å². The second-order valence-corrected chi connectivity index (χ2v) is 5.04. The number of halogens is 3. The number of carbonyl (C=O) groups is 1. The molecule has 0 aliphatic rings. The van der Waals surface area contributed by atoms with Crippen LogP contribution in [0.2, 0.25) is 5.02 Å². The van der Waals surface area contributed by atoms with Gasteiger partial charge in [-0.25, -0.2) is 4.39 Å². The SMILES string of the molecule is CCC(Br)CNC(=O)c1ccc(F)cc1Cl. The van der Waals surface area contributed by atoms with Crippen molar-refractivity contribution in [2.45, 2.75) is 18.2 Å². The van der Waals surface area contributed by atoms with Crippen LogP contribution in [0.15, 0.2) is 18.2 Å². The minimum Gasteiger partial charge on any atom is -0.351 e. The fourth-order valence-electron chi connectivity index (χ4n) is 1.12. The Morgan fingerprint density at radius 3 is 2.88 bits per heavy atom. The van der Waals surface area contributed by atoms with Crippen LogP contribution in [0.5, 0.6) is 0 Å². The van der Waals surface area contributed by atoms with Crippen molar-refractivity contribution in [2.24, 2.45) is 0 Å². The first kappa shape index (κ1) is 13.5. The van der Waals surface area contributed by atoms with Gasteiger partial charge in [0.05, 0.1) is 10.6 Å². The van der Waals surface area contributed by atoms with Crippen LogP contribution in [0.25, 0.3) is 0 Å². The highest BCUT2D eigenvalue weighted by atomic mass is 79.9. The predicted octanol–water partition coefficient (Wildman–Crippen LogP) is 3.38. The van der Waals surface area contributed by atoms with E-state index in [0.29, 0.717) is 12.1 Å². The van der Waals surface area contributed by atoms with E-state index < -0.39 is 5.82 Å². The van der Waals surface area contributed by atoms with Gasteiger partial charge < -0.3 is 5.32 Å². The van der Waals surface area contributed by atoms with E-state index in [0.717, 1.165) is 12.5 Å². The maximum atomic E-state index is 12.8. The summed E-state index contributed by atoms with van der Waals surface area (Å²) in [6.07, 6.45) is 0.914. The number of benzene rings is 1. The van der Waals surface area contributed by atoms with Crippen LogP contribution >= 0.6 is 27.5 Å². The largest absolute Gasteiger partial charge is 0.351 e. The Morgan fingerprint density at radius 1 is 1.62 bits per heavy atom. The van der Waals surface area contributed by atoms with Gasteiger partial charge in [-0.15, -0.1) is 0 Å². The van der Waals surface area contributed by atoms with Gasteiger partial charge in [0.2, 0.25) is 0 Å². The van der Waals surface area contributed by atoms with Gasteiger partial charge >= 0.3 is 0 Å². The lowest BCUT2D eigenvalue weighted by Crippen LogP contribution is -2.29. The molecule has 88 valence electrons. The second-order valence-electron chi connectivity index (χ2n) is 3.34. The van der Waals surface area contributed by atoms with Crippen LogP contribution in [-0.4, -0.2) is 17.3 Å². The highest BCUT2D eigenvalue weighted by molar-refractivity contribution is 9.09. The molecule has 0 spiro atoms. The van der Waals surface area contributed by atoms with Crippen molar-refractivity contribution in [3.8, 4) is 0 Å². The topological polar surface area (TPSA) is 29.1 Å². The number of nitrogens with one attached hydrogen (secondary N) is 1. The molecule has 0 saturated carbocycles. The Balaban J connectivity index is 2.66. The van der Waals surface area contributed by atoms with Crippen LogP contribution < -0.4 is 5.32 Å². The van der Waals surface area contributed by atoms with Crippen molar-refractivity contribution in [3.05, 3.63) is 34.6 Å². The summed E-state index contributed by atoms with van der Waals surface area (Å²) >= 11 is 9.16. The minimum atomic E-state index is -0.450. The lowest BCUT2D eigenvalue weighted by Gasteiger charge is -2.09. The number of hydrogen-bond donors (Lipinski definition) is 1. The Labute approximate surface area is 107 Å². The molecule has 1 unspecified atom stereocenters. The first-order valence-corrected chi connectivity index (χ1v) is 6.21. The molecule has 0 fully saturated rings. The second kappa shape index (κ2) is 6.21. The minimum absolute atomic E-state index is 0.125. The monoisotopic (exact) mass is 307 g/mol. The van der Waals surface area contributed by atoms with Crippen LogP contribution in [0, 0.1) is 5.82 Å². The Kier molecular flexibility index (Phi) is 5.22. The van der Waals surface area contributed by atoms with E-state index in [-0.39, 0.29) is 15.8 Å². The summed E-state index contributed by atoms with van der Waals surface area (Å²) in [6.45, 7) is 2.53. The molecule has 0 radical (unpaired) electrons. The summed E-state index contributed by atoms with van der Waals surface area (Å²) in [5.41, 5.74) is 0.291. The van der Waals surface area contributed by atoms with Crippen LogP contribution in [0.4, 0.5) is 4.39 Å². The molecule has 0 aliphatic carbocycles. The van der Waals surface area contributed by atoms with E-state index in [2.05, 4.69) is 21.2 Å². The summed E-state index contributed by atoms with van der Waals surface area (Å²) in [5.74, 6) is -0.739. The summed E-state index contributed by atoms with van der Waals surface area (Å²) in [6, 6.07) is 3.72. The number of hydrogen-bond acceptors (Lipinski definition) is 1. The zero-order valence-corrected chi connectivity index (χ0v) is 11.1. The zero-order chi connectivity index (χ0) is 12.1. The molecule has 1 atom stereocenters. The van der Waals surface area contributed by atoms with Crippen molar-refractivity contribution in [2.75, 3.05) is 6.54 Å². The molecule has 5 heteroatoms. The average molecular weight is 309 g/mol. The average Bonchev–Trinajstić information content (AvgIpc) is 2.25. The molecule has 1 aromatic carbocycles.